The highest BCUT2D eigenvalue weighted by atomic mass is 15.0. The van der Waals surface area contributed by atoms with E-state index in [4.69, 9.17) is 0 Å². The third-order valence-corrected chi connectivity index (χ3v) is 4.16. The number of nitrogens with zero attached hydrogens (tertiary/aromatic N) is 2. The third-order valence-electron chi connectivity index (χ3n) is 4.16. The van der Waals surface area contributed by atoms with Crippen molar-refractivity contribution in [2.75, 3.05) is 11.9 Å². The summed E-state index contributed by atoms with van der Waals surface area (Å²) in [7, 11) is 0. The largest absolute Gasteiger partial charge is 0.370 e. The van der Waals surface area contributed by atoms with E-state index in [9.17, 15) is 0 Å². The van der Waals surface area contributed by atoms with Crippen LogP contribution in [0.25, 0.3) is 0 Å². The first-order valence-corrected chi connectivity index (χ1v) is 7.75. The molecule has 0 spiro atoms. The molecule has 3 heteroatoms. The lowest BCUT2D eigenvalue weighted by atomic mass is 9.81. The van der Waals surface area contributed by atoms with E-state index in [0.717, 1.165) is 42.1 Å². The van der Waals surface area contributed by atoms with Crippen molar-refractivity contribution in [1.82, 2.24) is 9.97 Å². The van der Waals surface area contributed by atoms with Crippen LogP contribution in [0.4, 0.5) is 5.82 Å². The molecule has 0 bridgehead atoms. The van der Waals surface area contributed by atoms with Crippen LogP contribution >= 0.6 is 0 Å². The van der Waals surface area contributed by atoms with Crippen LogP contribution in [-0.4, -0.2) is 16.5 Å². The Hall–Kier alpha value is -1.12. The smallest absolute Gasteiger partial charge is 0.129 e. The second-order valence-electron chi connectivity index (χ2n) is 6.00. The minimum Gasteiger partial charge on any atom is -0.370 e. The van der Waals surface area contributed by atoms with E-state index in [1.807, 2.05) is 6.92 Å². The van der Waals surface area contributed by atoms with Crippen LogP contribution in [0.2, 0.25) is 0 Å². The topological polar surface area (TPSA) is 37.8 Å². The van der Waals surface area contributed by atoms with E-state index in [0.29, 0.717) is 0 Å². The second kappa shape index (κ2) is 6.88. The fourth-order valence-electron chi connectivity index (χ4n) is 3.13. The number of rotatable bonds is 5. The van der Waals surface area contributed by atoms with Gasteiger partial charge in [-0.1, -0.05) is 33.1 Å². The van der Waals surface area contributed by atoms with E-state index in [2.05, 4.69) is 35.2 Å². The predicted octanol–water partition coefficient (Wildman–Crippen LogP) is 3.98. The van der Waals surface area contributed by atoms with Crippen LogP contribution in [0.5, 0.6) is 0 Å². The summed E-state index contributed by atoms with van der Waals surface area (Å²) in [6.07, 6.45) is 7.90. The Morgan fingerprint density at radius 2 is 2.16 bits per heavy atom. The van der Waals surface area contributed by atoms with Gasteiger partial charge in [0.25, 0.3) is 0 Å². The van der Waals surface area contributed by atoms with Crippen LogP contribution < -0.4 is 5.32 Å². The van der Waals surface area contributed by atoms with Gasteiger partial charge in [-0.05, 0) is 38.0 Å². The van der Waals surface area contributed by atoms with Gasteiger partial charge in [0.05, 0.1) is 0 Å². The molecular formula is C16H27N3. The van der Waals surface area contributed by atoms with E-state index in [-0.39, 0.29) is 0 Å². The van der Waals surface area contributed by atoms with Gasteiger partial charge in [0.15, 0.2) is 0 Å². The molecule has 106 valence electrons. The zero-order chi connectivity index (χ0) is 13.7. The fourth-order valence-corrected chi connectivity index (χ4v) is 3.13. The van der Waals surface area contributed by atoms with Gasteiger partial charge in [0, 0.05) is 18.3 Å². The molecule has 0 aliphatic heterocycles. The summed E-state index contributed by atoms with van der Waals surface area (Å²) in [5.74, 6) is 3.69. The maximum atomic E-state index is 4.46. The normalized spacial score (nSPS) is 23.3. The number of aromatic nitrogens is 2. The molecule has 1 aliphatic carbocycles. The monoisotopic (exact) mass is 261 g/mol. The quantitative estimate of drug-likeness (QED) is 0.871. The van der Waals surface area contributed by atoms with Gasteiger partial charge in [0.2, 0.25) is 0 Å². The van der Waals surface area contributed by atoms with E-state index in [1.54, 1.807) is 0 Å². The Morgan fingerprint density at radius 3 is 2.89 bits per heavy atom. The van der Waals surface area contributed by atoms with Crippen molar-refractivity contribution in [3.05, 3.63) is 17.6 Å². The molecule has 2 unspecified atom stereocenters. The highest BCUT2D eigenvalue weighted by Gasteiger charge is 2.18. The van der Waals surface area contributed by atoms with Crippen molar-refractivity contribution >= 4 is 5.82 Å². The molecule has 1 saturated carbocycles. The van der Waals surface area contributed by atoms with Crippen molar-refractivity contribution < 1.29 is 0 Å². The molecule has 2 rings (SSSR count). The zero-order valence-corrected chi connectivity index (χ0v) is 12.6. The summed E-state index contributed by atoms with van der Waals surface area (Å²) in [5.41, 5.74) is 1.13. The lowest BCUT2D eigenvalue weighted by molar-refractivity contribution is 0.274. The Kier molecular flexibility index (Phi) is 5.17. The molecule has 1 fully saturated rings. The summed E-state index contributed by atoms with van der Waals surface area (Å²) in [5, 5.41) is 3.47. The first kappa shape index (κ1) is 14.3. The van der Waals surface area contributed by atoms with Gasteiger partial charge in [-0.15, -0.1) is 0 Å². The lowest BCUT2D eigenvalue weighted by Crippen LogP contribution is -2.17. The second-order valence-corrected chi connectivity index (χ2v) is 6.00. The fraction of sp³-hybridized carbons (Fsp3) is 0.750. The van der Waals surface area contributed by atoms with E-state index in [1.165, 1.54) is 32.1 Å². The molecule has 0 amide bonds. The minimum atomic E-state index is 0.869. The molecule has 3 nitrogen and oxygen atoms in total. The zero-order valence-electron chi connectivity index (χ0n) is 12.6. The van der Waals surface area contributed by atoms with Crippen molar-refractivity contribution in [2.45, 2.75) is 59.3 Å². The van der Waals surface area contributed by atoms with Gasteiger partial charge in [-0.3, -0.25) is 0 Å². The van der Waals surface area contributed by atoms with E-state index < -0.39 is 0 Å². The number of hydrogen-bond donors (Lipinski definition) is 1. The Bertz CT molecular complexity index is 403. The molecule has 1 heterocycles. The highest BCUT2D eigenvalue weighted by molar-refractivity contribution is 5.35. The average molecular weight is 261 g/mol. The van der Waals surface area contributed by atoms with Crippen molar-refractivity contribution in [3.8, 4) is 0 Å². The molecule has 0 aromatic carbocycles. The number of hydrogen-bond acceptors (Lipinski definition) is 3. The lowest BCUT2D eigenvalue weighted by Gasteiger charge is -2.26. The first-order valence-electron chi connectivity index (χ1n) is 7.75. The summed E-state index contributed by atoms with van der Waals surface area (Å²) >= 11 is 0. The SMILES string of the molecule is CCc1cc(NCCC2CCCC(C)C2)nc(C)n1. The van der Waals surface area contributed by atoms with Gasteiger partial charge in [0.1, 0.15) is 11.6 Å². The van der Waals surface area contributed by atoms with Crippen LogP contribution in [0.15, 0.2) is 6.07 Å². The number of aryl methyl sites for hydroxylation is 2. The third kappa shape index (κ3) is 4.48. The number of nitrogens with one attached hydrogen (secondary N) is 1. The highest BCUT2D eigenvalue weighted by Crippen LogP contribution is 2.30. The maximum Gasteiger partial charge on any atom is 0.129 e. The molecular weight excluding hydrogens is 234 g/mol. The summed E-state index contributed by atoms with van der Waals surface area (Å²) in [6.45, 7) is 7.53. The maximum absolute atomic E-state index is 4.46. The molecule has 1 aliphatic rings. The molecule has 0 saturated heterocycles. The van der Waals surface area contributed by atoms with Crippen molar-refractivity contribution in [3.63, 3.8) is 0 Å². The van der Waals surface area contributed by atoms with Gasteiger partial charge >= 0.3 is 0 Å². The summed E-state index contributed by atoms with van der Waals surface area (Å²) in [4.78, 5) is 8.87. The van der Waals surface area contributed by atoms with Crippen LogP contribution in [0.3, 0.4) is 0 Å². The standard InChI is InChI=1S/C16H27N3/c1-4-15-11-16(19-13(3)18-15)17-9-8-14-7-5-6-12(2)10-14/h11-12,14H,4-10H2,1-3H3,(H,17,18,19). The number of anilines is 1. The molecule has 2 atom stereocenters. The molecule has 1 aromatic rings. The molecule has 1 N–H and O–H groups in total. The first-order chi connectivity index (χ1) is 9.17. The molecule has 19 heavy (non-hydrogen) atoms. The summed E-state index contributed by atoms with van der Waals surface area (Å²) in [6, 6.07) is 2.08. The van der Waals surface area contributed by atoms with Crippen molar-refractivity contribution in [1.29, 1.82) is 0 Å². The van der Waals surface area contributed by atoms with Crippen LogP contribution in [-0.2, 0) is 6.42 Å². The molecule has 1 aromatic heterocycles. The molecule has 0 radical (unpaired) electrons. The van der Waals surface area contributed by atoms with E-state index >= 15 is 0 Å². The Balaban J connectivity index is 1.80. The minimum absolute atomic E-state index is 0.869. The Morgan fingerprint density at radius 1 is 1.32 bits per heavy atom. The Labute approximate surface area is 117 Å². The van der Waals surface area contributed by atoms with Gasteiger partial charge in [-0.25, -0.2) is 9.97 Å². The predicted molar refractivity (Wildman–Crippen MR) is 80.4 cm³/mol. The van der Waals surface area contributed by atoms with Gasteiger partial charge in [-0.2, -0.15) is 0 Å². The summed E-state index contributed by atoms with van der Waals surface area (Å²) < 4.78 is 0. The van der Waals surface area contributed by atoms with Crippen LogP contribution in [0, 0.1) is 18.8 Å². The van der Waals surface area contributed by atoms with Crippen LogP contribution in [0.1, 0.15) is 57.5 Å². The van der Waals surface area contributed by atoms with Gasteiger partial charge < -0.3 is 5.32 Å². The average Bonchev–Trinajstić information content (AvgIpc) is 2.38. The van der Waals surface area contributed by atoms with Crippen molar-refractivity contribution in [2.24, 2.45) is 11.8 Å².